The van der Waals surface area contributed by atoms with Gasteiger partial charge in [-0.3, -0.25) is 0 Å². The molecule has 0 aromatic heterocycles. The van der Waals surface area contributed by atoms with Crippen LogP contribution in [-0.4, -0.2) is 32.2 Å². The zero-order valence-electron chi connectivity index (χ0n) is 18.6. The van der Waals surface area contributed by atoms with Crippen LogP contribution in [0.2, 0.25) is 0 Å². The van der Waals surface area contributed by atoms with Crippen molar-refractivity contribution in [3.8, 4) is 23.0 Å². The average molecular weight is 555 g/mol. The van der Waals surface area contributed by atoms with Gasteiger partial charge in [-0.15, -0.1) is 12.4 Å². The molecule has 6 nitrogen and oxygen atoms in total. The van der Waals surface area contributed by atoms with Gasteiger partial charge < -0.3 is 29.4 Å². The summed E-state index contributed by atoms with van der Waals surface area (Å²) in [5.74, 6) is 2.14. The Morgan fingerprint density at radius 3 is 2.71 bits per heavy atom. The highest BCUT2D eigenvalue weighted by Crippen LogP contribution is 2.38. The van der Waals surface area contributed by atoms with Crippen molar-refractivity contribution in [3.63, 3.8) is 0 Å². The molecule has 3 aromatic carbocycles. The van der Waals surface area contributed by atoms with Crippen molar-refractivity contribution in [2.24, 2.45) is 0 Å². The van der Waals surface area contributed by atoms with Gasteiger partial charge >= 0.3 is 0 Å². The molecule has 0 saturated heterocycles. The molecule has 0 radical (unpaired) electrons. The first-order valence-electron chi connectivity index (χ1n) is 10.6. The minimum atomic E-state index is -0.851. The minimum absolute atomic E-state index is 0. The summed E-state index contributed by atoms with van der Waals surface area (Å²) < 4.78 is 36.5. The second-order valence-electron chi connectivity index (χ2n) is 7.57. The van der Waals surface area contributed by atoms with Crippen LogP contribution in [0, 0.1) is 5.82 Å². The smallest absolute Gasteiger partial charge is 0.231 e. The third kappa shape index (κ3) is 6.33. The van der Waals surface area contributed by atoms with Crippen LogP contribution in [0.5, 0.6) is 23.0 Å². The molecule has 0 aliphatic carbocycles. The number of hydrogen-bond acceptors (Lipinski definition) is 6. The molecule has 182 valence electrons. The van der Waals surface area contributed by atoms with Gasteiger partial charge in [-0.05, 0) is 75.9 Å². The number of halogens is 3. The van der Waals surface area contributed by atoms with Gasteiger partial charge in [0.1, 0.15) is 18.5 Å². The van der Waals surface area contributed by atoms with Gasteiger partial charge in [-0.2, -0.15) is 0 Å². The number of rotatable bonds is 10. The fraction of sp³-hybridized carbons (Fsp3) is 0.280. The Hall–Kier alpha value is -2.52. The fourth-order valence-electron chi connectivity index (χ4n) is 3.55. The molecule has 9 heteroatoms. The number of aliphatic hydroxyl groups excluding tert-OH is 1. The van der Waals surface area contributed by atoms with E-state index in [0.717, 1.165) is 5.56 Å². The number of ether oxygens (including phenoxy) is 4. The molecule has 0 bridgehead atoms. The van der Waals surface area contributed by atoms with Crippen molar-refractivity contribution in [2.75, 3.05) is 27.1 Å². The van der Waals surface area contributed by atoms with Gasteiger partial charge in [-0.1, -0.05) is 24.3 Å². The second kappa shape index (κ2) is 12.3. The van der Waals surface area contributed by atoms with Crippen molar-refractivity contribution in [1.82, 2.24) is 5.32 Å². The van der Waals surface area contributed by atoms with Crippen LogP contribution in [0.15, 0.2) is 59.1 Å². The highest BCUT2D eigenvalue weighted by atomic mass is 79.9. The number of fused-ring (bicyclic) bond motifs is 1. The molecular formula is C25H26BrClFNO5. The van der Waals surface area contributed by atoms with Crippen molar-refractivity contribution in [3.05, 3.63) is 81.6 Å². The van der Waals surface area contributed by atoms with Crippen LogP contribution in [-0.2, 0) is 13.0 Å². The third-order valence-corrected chi connectivity index (χ3v) is 5.90. The largest absolute Gasteiger partial charge is 0.493 e. The molecule has 0 saturated carbocycles. The highest BCUT2D eigenvalue weighted by molar-refractivity contribution is 9.10. The zero-order chi connectivity index (χ0) is 23.2. The van der Waals surface area contributed by atoms with Gasteiger partial charge in [0, 0.05) is 6.54 Å². The van der Waals surface area contributed by atoms with Gasteiger partial charge in [0.15, 0.2) is 23.0 Å². The maximum Gasteiger partial charge on any atom is 0.231 e. The molecule has 1 aliphatic heterocycles. The van der Waals surface area contributed by atoms with Crippen LogP contribution in [0.3, 0.4) is 0 Å². The number of nitrogens with one attached hydrogen (secondary N) is 1. The summed E-state index contributed by atoms with van der Waals surface area (Å²) in [7, 11) is 1.57. The Bertz CT molecular complexity index is 1120. The normalized spacial score (nSPS) is 12.7. The van der Waals surface area contributed by atoms with E-state index in [1.807, 2.05) is 18.2 Å². The SMILES string of the molecule is COc1cc(CNCCc2ccccc2F)cc(Br)c1OCC(O)c1ccc2c(c1)OCO2.Cl. The molecule has 0 fully saturated rings. The Morgan fingerprint density at radius 1 is 1.12 bits per heavy atom. The van der Waals surface area contributed by atoms with Crippen LogP contribution >= 0.6 is 28.3 Å². The summed E-state index contributed by atoms with van der Waals surface area (Å²) in [6.07, 6.45) is -0.250. The minimum Gasteiger partial charge on any atom is -0.493 e. The van der Waals surface area contributed by atoms with E-state index in [4.69, 9.17) is 18.9 Å². The average Bonchev–Trinajstić information content (AvgIpc) is 3.29. The van der Waals surface area contributed by atoms with Crippen molar-refractivity contribution >= 4 is 28.3 Å². The molecular weight excluding hydrogens is 529 g/mol. The molecule has 4 rings (SSSR count). The first-order chi connectivity index (χ1) is 16.0. The summed E-state index contributed by atoms with van der Waals surface area (Å²) in [5, 5.41) is 13.9. The van der Waals surface area contributed by atoms with Crippen LogP contribution in [0.1, 0.15) is 22.8 Å². The highest BCUT2D eigenvalue weighted by Gasteiger charge is 2.19. The van der Waals surface area contributed by atoms with Crippen molar-refractivity contribution in [2.45, 2.75) is 19.1 Å². The molecule has 1 unspecified atom stereocenters. The summed E-state index contributed by atoms with van der Waals surface area (Å²) in [5.41, 5.74) is 2.34. The number of methoxy groups -OCH3 is 1. The Morgan fingerprint density at radius 2 is 1.91 bits per heavy atom. The summed E-state index contributed by atoms with van der Waals surface area (Å²) in [6.45, 7) is 1.44. The Labute approximate surface area is 212 Å². The van der Waals surface area contributed by atoms with Crippen LogP contribution in [0.4, 0.5) is 4.39 Å². The lowest BCUT2D eigenvalue weighted by molar-refractivity contribution is 0.105. The fourth-order valence-corrected chi connectivity index (χ4v) is 4.16. The van der Waals surface area contributed by atoms with Crippen LogP contribution in [0.25, 0.3) is 0 Å². The summed E-state index contributed by atoms with van der Waals surface area (Å²) >= 11 is 3.54. The van der Waals surface area contributed by atoms with E-state index in [1.165, 1.54) is 6.07 Å². The molecule has 1 atom stereocenters. The standard InChI is InChI=1S/C25H25BrFNO5.ClH/c1-30-24-11-16(13-28-9-8-17-4-2-3-5-20(17)27)10-19(26)25(24)31-14-21(29)18-6-7-22-23(12-18)33-15-32-22;/h2-7,10-12,21,28-29H,8-9,13-15H2,1H3;1H. The van der Waals surface area contributed by atoms with Gasteiger partial charge in [0.25, 0.3) is 0 Å². The lowest BCUT2D eigenvalue weighted by Crippen LogP contribution is -2.17. The lowest BCUT2D eigenvalue weighted by Gasteiger charge is -2.17. The quantitative estimate of drug-likeness (QED) is 0.336. The number of benzene rings is 3. The van der Waals surface area contributed by atoms with Crippen molar-refractivity contribution in [1.29, 1.82) is 0 Å². The van der Waals surface area contributed by atoms with Gasteiger partial charge in [-0.25, -0.2) is 4.39 Å². The van der Waals surface area contributed by atoms with Crippen LogP contribution < -0.4 is 24.3 Å². The first-order valence-corrected chi connectivity index (χ1v) is 11.4. The lowest BCUT2D eigenvalue weighted by atomic mass is 10.1. The first kappa shape index (κ1) is 26.1. The molecule has 1 heterocycles. The number of hydrogen-bond donors (Lipinski definition) is 2. The third-order valence-electron chi connectivity index (χ3n) is 5.31. The Kier molecular flexibility index (Phi) is 9.41. The monoisotopic (exact) mass is 553 g/mol. The van der Waals surface area contributed by atoms with E-state index in [9.17, 15) is 9.50 Å². The molecule has 2 N–H and O–H groups in total. The molecule has 0 amide bonds. The number of aliphatic hydroxyl groups is 1. The topological polar surface area (TPSA) is 69.2 Å². The Balaban J connectivity index is 0.00000324. The maximum atomic E-state index is 13.7. The predicted molar refractivity (Wildman–Crippen MR) is 133 cm³/mol. The molecule has 3 aromatic rings. The van der Waals surface area contributed by atoms with E-state index < -0.39 is 6.10 Å². The van der Waals surface area contributed by atoms with E-state index in [1.54, 1.807) is 37.4 Å². The summed E-state index contributed by atoms with van der Waals surface area (Å²) in [6, 6.07) is 15.9. The summed E-state index contributed by atoms with van der Waals surface area (Å²) in [4.78, 5) is 0. The van der Waals surface area contributed by atoms with Crippen molar-refractivity contribution < 1.29 is 28.4 Å². The molecule has 34 heavy (non-hydrogen) atoms. The van der Waals surface area contributed by atoms with Gasteiger partial charge in [0.2, 0.25) is 6.79 Å². The van der Waals surface area contributed by atoms with E-state index in [2.05, 4.69) is 21.2 Å². The zero-order valence-corrected chi connectivity index (χ0v) is 21.0. The maximum absolute atomic E-state index is 13.7. The second-order valence-corrected chi connectivity index (χ2v) is 8.42. The predicted octanol–water partition coefficient (Wildman–Crippen LogP) is 5.19. The molecule has 0 spiro atoms. The van der Waals surface area contributed by atoms with Gasteiger partial charge in [0.05, 0.1) is 11.6 Å². The van der Waals surface area contributed by atoms with E-state index in [0.29, 0.717) is 58.1 Å². The van der Waals surface area contributed by atoms with E-state index in [-0.39, 0.29) is 31.6 Å². The molecule has 1 aliphatic rings. The van der Waals surface area contributed by atoms with E-state index >= 15 is 0 Å².